The summed E-state index contributed by atoms with van der Waals surface area (Å²) in [4.78, 5) is 33.2. The van der Waals surface area contributed by atoms with E-state index in [2.05, 4.69) is 0 Å². The van der Waals surface area contributed by atoms with Gasteiger partial charge in [0.25, 0.3) is 0 Å². The van der Waals surface area contributed by atoms with Crippen LogP contribution in [0.15, 0.2) is 63.6 Å². The maximum absolute atomic E-state index is 13.8. The summed E-state index contributed by atoms with van der Waals surface area (Å²) < 4.78 is 16.6. The number of carbonyl (C=O) groups excluding carboxylic acids is 2. The van der Waals surface area contributed by atoms with Crippen molar-refractivity contribution in [1.29, 1.82) is 0 Å². The minimum Gasteiger partial charge on any atom is -0.493 e. The van der Waals surface area contributed by atoms with Crippen molar-refractivity contribution in [2.75, 3.05) is 20.5 Å². The van der Waals surface area contributed by atoms with E-state index in [4.69, 9.17) is 19.2 Å². The molecule has 2 aromatic rings. The van der Waals surface area contributed by atoms with Crippen LogP contribution in [0.5, 0.6) is 11.5 Å². The molecule has 196 valence electrons. The van der Waals surface area contributed by atoms with Gasteiger partial charge < -0.3 is 14.2 Å². The Morgan fingerprint density at radius 2 is 1.73 bits per heavy atom. The quantitative estimate of drug-likeness (QED) is 0.298. The van der Waals surface area contributed by atoms with E-state index in [1.165, 1.54) is 0 Å². The smallest absolute Gasteiger partial charge is 0.315 e. The number of ketones is 1. The van der Waals surface area contributed by atoms with E-state index < -0.39 is 11.8 Å². The summed E-state index contributed by atoms with van der Waals surface area (Å²) in [6, 6.07) is 13.9. The van der Waals surface area contributed by atoms with Crippen LogP contribution in [0.3, 0.4) is 0 Å². The SMILES string of the molecule is CC[C@@H](C)OC(=O)C1C(C)=NC2=C(C(=O)C[C@H](c3ccc(OC)c(OC)c3)C2)[C@H]1c1ccc(SC)cc1. The fourth-order valence-electron chi connectivity index (χ4n) is 5.23. The number of ether oxygens (including phenoxy) is 3. The number of Topliss-reactive ketones (excluding diaryl/α,β-unsaturated/α-hetero) is 1. The second-order valence-electron chi connectivity index (χ2n) is 9.64. The van der Waals surface area contributed by atoms with Crippen LogP contribution < -0.4 is 9.47 Å². The number of esters is 1. The number of carbonyl (C=O) groups is 2. The lowest BCUT2D eigenvalue weighted by atomic mass is 9.69. The van der Waals surface area contributed by atoms with Crippen molar-refractivity contribution in [3.8, 4) is 11.5 Å². The molecular weight excluding hydrogens is 486 g/mol. The first-order valence-electron chi connectivity index (χ1n) is 12.7. The van der Waals surface area contributed by atoms with Crippen LogP contribution in [0.1, 0.15) is 63.0 Å². The van der Waals surface area contributed by atoms with Gasteiger partial charge in [-0.1, -0.05) is 25.1 Å². The molecule has 6 nitrogen and oxygen atoms in total. The van der Waals surface area contributed by atoms with Gasteiger partial charge >= 0.3 is 5.97 Å². The molecule has 0 radical (unpaired) electrons. The van der Waals surface area contributed by atoms with Gasteiger partial charge in [0, 0.05) is 34.2 Å². The van der Waals surface area contributed by atoms with Crippen molar-refractivity contribution in [1.82, 2.24) is 0 Å². The molecule has 1 unspecified atom stereocenters. The van der Waals surface area contributed by atoms with Gasteiger partial charge in [-0.15, -0.1) is 11.8 Å². The number of aliphatic imine (C=N–C) groups is 1. The second kappa shape index (κ2) is 11.5. The molecule has 0 saturated carbocycles. The zero-order valence-corrected chi connectivity index (χ0v) is 23.2. The summed E-state index contributed by atoms with van der Waals surface area (Å²) in [5, 5.41) is 0. The van der Waals surface area contributed by atoms with Gasteiger partial charge in [-0.25, -0.2) is 0 Å². The Hall–Kier alpha value is -3.06. The van der Waals surface area contributed by atoms with E-state index in [-0.39, 0.29) is 23.8 Å². The van der Waals surface area contributed by atoms with Crippen molar-refractivity contribution in [3.05, 3.63) is 64.9 Å². The Balaban J connectivity index is 1.76. The van der Waals surface area contributed by atoms with E-state index in [9.17, 15) is 9.59 Å². The minimum absolute atomic E-state index is 0.0255. The fourth-order valence-corrected chi connectivity index (χ4v) is 5.64. The highest BCUT2D eigenvalue weighted by Gasteiger charge is 2.45. The van der Waals surface area contributed by atoms with E-state index in [0.717, 1.165) is 28.1 Å². The normalized spacial score (nSPS) is 22.2. The molecule has 0 saturated heterocycles. The molecule has 4 atom stereocenters. The molecule has 1 aliphatic heterocycles. The minimum atomic E-state index is -0.630. The van der Waals surface area contributed by atoms with Crippen LogP contribution in [0, 0.1) is 5.92 Å². The molecule has 7 heteroatoms. The number of thioether (sulfide) groups is 1. The maximum Gasteiger partial charge on any atom is 0.315 e. The summed E-state index contributed by atoms with van der Waals surface area (Å²) in [6.45, 7) is 5.75. The van der Waals surface area contributed by atoms with Crippen molar-refractivity contribution < 1.29 is 23.8 Å². The lowest BCUT2D eigenvalue weighted by Crippen LogP contribution is -2.39. The van der Waals surface area contributed by atoms with Gasteiger partial charge in [-0.2, -0.15) is 0 Å². The van der Waals surface area contributed by atoms with Crippen LogP contribution >= 0.6 is 11.8 Å². The highest BCUT2D eigenvalue weighted by atomic mass is 32.2. The van der Waals surface area contributed by atoms with Gasteiger partial charge in [-0.3, -0.25) is 14.6 Å². The number of methoxy groups -OCH3 is 2. The number of rotatable bonds is 8. The first-order valence-corrected chi connectivity index (χ1v) is 13.9. The zero-order valence-electron chi connectivity index (χ0n) is 22.4. The first kappa shape index (κ1) is 27.0. The molecule has 1 aliphatic carbocycles. The van der Waals surface area contributed by atoms with Gasteiger partial charge in [0.05, 0.1) is 20.3 Å². The Labute approximate surface area is 223 Å². The molecule has 0 aromatic heterocycles. The summed E-state index contributed by atoms with van der Waals surface area (Å²) in [7, 11) is 3.21. The molecule has 0 spiro atoms. The molecular formula is C30H35NO5S. The average Bonchev–Trinajstić information content (AvgIpc) is 2.91. The highest BCUT2D eigenvalue weighted by Crippen LogP contribution is 2.47. The van der Waals surface area contributed by atoms with E-state index in [1.807, 2.05) is 69.5 Å². The number of benzene rings is 2. The lowest BCUT2D eigenvalue weighted by molar-refractivity contribution is -0.151. The largest absolute Gasteiger partial charge is 0.493 e. The average molecular weight is 522 g/mol. The number of hydrogen-bond acceptors (Lipinski definition) is 7. The van der Waals surface area contributed by atoms with Crippen molar-refractivity contribution in [2.45, 2.75) is 62.9 Å². The molecule has 0 bridgehead atoms. The standard InChI is InChI=1S/C30H35NO5S/c1-7-17(2)36-30(33)27-18(3)31-23-14-21(20-10-13-25(34-4)26(16-20)35-5)15-24(32)29(23)28(27)19-8-11-22(37-6)12-9-19/h8-13,16-17,21,27-28H,7,14-15H2,1-6H3/t17-,21-,27?,28+/m1/s1. The molecule has 4 rings (SSSR count). The predicted molar refractivity (Wildman–Crippen MR) is 147 cm³/mol. The van der Waals surface area contributed by atoms with Gasteiger partial charge in [0.1, 0.15) is 5.92 Å². The van der Waals surface area contributed by atoms with Crippen LogP contribution in [0.2, 0.25) is 0 Å². The monoisotopic (exact) mass is 521 g/mol. The summed E-state index contributed by atoms with van der Waals surface area (Å²) in [5.41, 5.74) is 4.03. The topological polar surface area (TPSA) is 74.2 Å². The maximum atomic E-state index is 13.8. The van der Waals surface area contributed by atoms with Crippen LogP contribution in [-0.4, -0.2) is 44.0 Å². The van der Waals surface area contributed by atoms with Crippen LogP contribution in [0.4, 0.5) is 0 Å². The summed E-state index contributed by atoms with van der Waals surface area (Å²) in [6.07, 6.45) is 3.50. The molecule has 0 N–H and O–H groups in total. The molecule has 1 heterocycles. The Kier molecular flexibility index (Phi) is 8.42. The second-order valence-corrected chi connectivity index (χ2v) is 10.5. The van der Waals surface area contributed by atoms with Crippen molar-refractivity contribution in [3.63, 3.8) is 0 Å². The Morgan fingerprint density at radius 3 is 2.35 bits per heavy atom. The lowest BCUT2D eigenvalue weighted by Gasteiger charge is -2.37. The third-order valence-corrected chi connectivity index (χ3v) is 8.13. The van der Waals surface area contributed by atoms with Crippen LogP contribution in [0.25, 0.3) is 0 Å². The zero-order chi connectivity index (χ0) is 26.7. The van der Waals surface area contributed by atoms with Gasteiger partial charge in [0.15, 0.2) is 17.3 Å². The van der Waals surface area contributed by atoms with Gasteiger partial charge in [0.2, 0.25) is 0 Å². The Bertz CT molecular complexity index is 1230. The van der Waals surface area contributed by atoms with E-state index in [0.29, 0.717) is 35.6 Å². The van der Waals surface area contributed by atoms with Gasteiger partial charge in [-0.05, 0) is 74.3 Å². The number of nitrogens with zero attached hydrogens (tertiary/aromatic N) is 1. The van der Waals surface area contributed by atoms with E-state index in [1.54, 1.807) is 26.0 Å². The van der Waals surface area contributed by atoms with Crippen molar-refractivity contribution in [2.24, 2.45) is 10.9 Å². The fraction of sp³-hybridized carbons (Fsp3) is 0.433. The summed E-state index contributed by atoms with van der Waals surface area (Å²) >= 11 is 1.66. The highest BCUT2D eigenvalue weighted by molar-refractivity contribution is 7.98. The molecule has 0 fully saturated rings. The molecule has 0 amide bonds. The number of allylic oxidation sites excluding steroid dienone is 2. The van der Waals surface area contributed by atoms with Crippen LogP contribution in [-0.2, 0) is 14.3 Å². The van der Waals surface area contributed by atoms with Crippen molar-refractivity contribution >= 4 is 29.2 Å². The molecule has 2 aromatic carbocycles. The molecule has 2 aliphatic rings. The molecule has 37 heavy (non-hydrogen) atoms. The van der Waals surface area contributed by atoms with E-state index >= 15 is 0 Å². The third kappa shape index (κ3) is 5.47. The third-order valence-electron chi connectivity index (χ3n) is 7.39. The first-order chi connectivity index (χ1) is 17.8. The summed E-state index contributed by atoms with van der Waals surface area (Å²) in [5.74, 6) is -0.0982. The number of hydrogen-bond donors (Lipinski definition) is 0. The predicted octanol–water partition coefficient (Wildman–Crippen LogP) is 6.34. The Morgan fingerprint density at radius 1 is 1.05 bits per heavy atom.